The molecule has 1 aromatic heterocycles. The normalized spacial score (nSPS) is 18.0. The molecule has 1 aromatic rings. The van der Waals surface area contributed by atoms with Gasteiger partial charge in [-0.15, -0.1) is 0 Å². The number of nitro groups is 1. The van der Waals surface area contributed by atoms with Crippen LogP contribution in [0.4, 0.5) is 5.82 Å². The van der Waals surface area contributed by atoms with E-state index >= 15 is 0 Å². The Labute approximate surface area is 174 Å². The zero-order valence-corrected chi connectivity index (χ0v) is 16.7. The summed E-state index contributed by atoms with van der Waals surface area (Å²) in [4.78, 5) is 38.3. The number of likely N-dealkylation sites (tertiary alicyclic amines) is 1. The van der Waals surface area contributed by atoms with E-state index in [1.807, 2.05) is 6.08 Å². The van der Waals surface area contributed by atoms with Crippen LogP contribution >= 0.6 is 0 Å². The summed E-state index contributed by atoms with van der Waals surface area (Å²) in [6.45, 7) is 1.03. The van der Waals surface area contributed by atoms with Crippen LogP contribution in [0, 0.1) is 10.1 Å². The van der Waals surface area contributed by atoms with Gasteiger partial charge >= 0.3 is 11.8 Å². The number of ether oxygens (including phenoxy) is 1. The summed E-state index contributed by atoms with van der Waals surface area (Å²) in [7, 11) is 0. The van der Waals surface area contributed by atoms with E-state index < -0.39 is 17.0 Å². The second-order valence-corrected chi connectivity index (χ2v) is 7.09. The fraction of sp³-hybridized carbons (Fsp3) is 0.550. The molecule has 0 aromatic carbocycles. The third kappa shape index (κ3) is 7.88. The molecule has 2 heterocycles. The fourth-order valence-corrected chi connectivity index (χ4v) is 3.25. The summed E-state index contributed by atoms with van der Waals surface area (Å²) in [6.07, 6.45) is 6.92. The average Bonchev–Trinajstić information content (AvgIpc) is 2.70. The molecule has 0 radical (unpaired) electrons. The smallest absolute Gasteiger partial charge is 0.363 e. The van der Waals surface area contributed by atoms with Crippen LogP contribution in [0.3, 0.4) is 0 Å². The first-order chi connectivity index (χ1) is 14.4. The minimum absolute atomic E-state index is 0.0455. The SMILES string of the molecule is O=C(O)CCOCCCN1C(=O)CCC[C@@H]1/C=C/C(O)Cc1ccc([N+](=O)[O-])nc1. The molecule has 164 valence electrons. The van der Waals surface area contributed by atoms with Gasteiger partial charge < -0.3 is 30.0 Å². The van der Waals surface area contributed by atoms with Gasteiger partial charge in [0.05, 0.1) is 25.2 Å². The highest BCUT2D eigenvalue weighted by Crippen LogP contribution is 2.20. The summed E-state index contributed by atoms with van der Waals surface area (Å²) < 4.78 is 5.27. The monoisotopic (exact) mass is 421 g/mol. The first-order valence-corrected chi connectivity index (χ1v) is 9.91. The molecule has 1 saturated heterocycles. The molecular weight excluding hydrogens is 394 g/mol. The molecular formula is C20H27N3O7. The fourth-order valence-electron chi connectivity index (χ4n) is 3.25. The second-order valence-electron chi connectivity index (χ2n) is 7.09. The number of amides is 1. The topological polar surface area (TPSA) is 143 Å². The van der Waals surface area contributed by atoms with Gasteiger partial charge in [0.15, 0.2) is 0 Å². The van der Waals surface area contributed by atoms with Gasteiger partial charge in [0.2, 0.25) is 5.91 Å². The maximum atomic E-state index is 12.3. The van der Waals surface area contributed by atoms with Gasteiger partial charge in [-0.3, -0.25) is 9.59 Å². The van der Waals surface area contributed by atoms with E-state index in [0.717, 1.165) is 12.8 Å². The maximum absolute atomic E-state index is 12.3. The molecule has 0 saturated carbocycles. The largest absolute Gasteiger partial charge is 0.481 e. The standard InChI is InChI=1S/C20H27N3O7/c24-17(13-15-5-8-18(21-14-15)23(28)29)7-6-16-3-1-4-19(25)22(16)10-2-11-30-12-9-20(26)27/h5-8,14,16-17,24H,1-4,9-13H2,(H,26,27)/b7-6+/t16-,17?/m1/s1. The molecule has 2 N–H and O–H groups in total. The molecule has 1 fully saturated rings. The summed E-state index contributed by atoms with van der Waals surface area (Å²) in [5.74, 6) is -1.10. The zero-order chi connectivity index (χ0) is 21.9. The van der Waals surface area contributed by atoms with Crippen LogP contribution in [0.25, 0.3) is 0 Å². The van der Waals surface area contributed by atoms with Crippen molar-refractivity contribution in [1.82, 2.24) is 9.88 Å². The zero-order valence-electron chi connectivity index (χ0n) is 16.7. The van der Waals surface area contributed by atoms with Crippen molar-refractivity contribution in [3.8, 4) is 0 Å². The van der Waals surface area contributed by atoms with Crippen molar-refractivity contribution in [3.05, 3.63) is 46.2 Å². The van der Waals surface area contributed by atoms with Gasteiger partial charge in [-0.25, -0.2) is 0 Å². The number of pyridine rings is 1. The van der Waals surface area contributed by atoms with E-state index in [1.165, 1.54) is 12.3 Å². The van der Waals surface area contributed by atoms with Crippen molar-refractivity contribution >= 4 is 17.7 Å². The van der Waals surface area contributed by atoms with Crippen molar-refractivity contribution in [2.24, 2.45) is 0 Å². The lowest BCUT2D eigenvalue weighted by Gasteiger charge is -2.34. The van der Waals surface area contributed by atoms with Crippen LogP contribution in [0.2, 0.25) is 0 Å². The van der Waals surface area contributed by atoms with Gasteiger partial charge in [0, 0.05) is 32.1 Å². The van der Waals surface area contributed by atoms with E-state index in [1.54, 1.807) is 17.0 Å². The highest BCUT2D eigenvalue weighted by Gasteiger charge is 2.25. The third-order valence-corrected chi connectivity index (χ3v) is 4.76. The lowest BCUT2D eigenvalue weighted by Crippen LogP contribution is -2.43. The van der Waals surface area contributed by atoms with Crippen molar-refractivity contribution in [2.45, 2.75) is 50.7 Å². The van der Waals surface area contributed by atoms with Crippen molar-refractivity contribution in [3.63, 3.8) is 0 Å². The Morgan fingerprint density at radius 2 is 2.23 bits per heavy atom. The molecule has 0 bridgehead atoms. The number of aromatic nitrogens is 1. The Morgan fingerprint density at radius 1 is 1.43 bits per heavy atom. The highest BCUT2D eigenvalue weighted by molar-refractivity contribution is 5.77. The number of nitrogens with zero attached hydrogens (tertiary/aromatic N) is 3. The molecule has 30 heavy (non-hydrogen) atoms. The second kappa shape index (κ2) is 12.0. The number of carbonyl (C=O) groups is 2. The quantitative estimate of drug-likeness (QED) is 0.225. The van der Waals surface area contributed by atoms with Crippen LogP contribution in [0.5, 0.6) is 0 Å². The number of carboxylic acid groups (broad SMARTS) is 1. The molecule has 10 heteroatoms. The Kier molecular flexibility index (Phi) is 9.36. The lowest BCUT2D eigenvalue weighted by atomic mass is 9.99. The predicted octanol–water partition coefficient (Wildman–Crippen LogP) is 1.71. The average molecular weight is 421 g/mol. The summed E-state index contributed by atoms with van der Waals surface area (Å²) in [5.41, 5.74) is 0.674. The van der Waals surface area contributed by atoms with Crippen molar-refractivity contribution < 1.29 is 29.5 Å². The van der Waals surface area contributed by atoms with Gasteiger partial charge in [-0.05, 0) is 40.8 Å². The van der Waals surface area contributed by atoms with E-state index in [-0.39, 0.29) is 37.2 Å². The van der Waals surface area contributed by atoms with E-state index in [2.05, 4.69) is 4.98 Å². The number of aliphatic hydroxyl groups is 1. The number of rotatable bonds is 12. The van der Waals surface area contributed by atoms with Crippen LogP contribution in [0.15, 0.2) is 30.5 Å². The first kappa shape index (κ1) is 23.4. The minimum atomic E-state index is -0.908. The summed E-state index contributed by atoms with van der Waals surface area (Å²) >= 11 is 0. The van der Waals surface area contributed by atoms with Gasteiger partial charge in [-0.2, -0.15) is 0 Å². The van der Waals surface area contributed by atoms with Crippen LogP contribution in [0.1, 0.15) is 37.7 Å². The Bertz CT molecular complexity index is 751. The molecule has 0 spiro atoms. The third-order valence-electron chi connectivity index (χ3n) is 4.76. The van der Waals surface area contributed by atoms with E-state index in [9.17, 15) is 24.8 Å². The number of carbonyl (C=O) groups excluding carboxylic acids is 1. The van der Waals surface area contributed by atoms with Gasteiger partial charge in [-0.1, -0.05) is 12.2 Å². The molecule has 1 aliphatic rings. The highest BCUT2D eigenvalue weighted by atomic mass is 16.6. The van der Waals surface area contributed by atoms with Gasteiger partial charge in [0.1, 0.15) is 6.20 Å². The Hall–Kier alpha value is -2.85. The van der Waals surface area contributed by atoms with Crippen molar-refractivity contribution in [1.29, 1.82) is 0 Å². The van der Waals surface area contributed by atoms with E-state index in [0.29, 0.717) is 31.6 Å². The number of hydrogen-bond donors (Lipinski definition) is 2. The van der Waals surface area contributed by atoms with Crippen LogP contribution in [-0.2, 0) is 20.7 Å². The van der Waals surface area contributed by atoms with E-state index in [4.69, 9.17) is 9.84 Å². The molecule has 0 aliphatic carbocycles. The minimum Gasteiger partial charge on any atom is -0.481 e. The Morgan fingerprint density at radius 3 is 2.90 bits per heavy atom. The maximum Gasteiger partial charge on any atom is 0.363 e. The predicted molar refractivity (Wildman–Crippen MR) is 107 cm³/mol. The first-order valence-electron chi connectivity index (χ1n) is 9.91. The molecule has 1 amide bonds. The number of hydrogen-bond acceptors (Lipinski definition) is 7. The summed E-state index contributed by atoms with van der Waals surface area (Å²) in [6, 6.07) is 2.74. The molecule has 1 aliphatic heterocycles. The molecule has 10 nitrogen and oxygen atoms in total. The van der Waals surface area contributed by atoms with Crippen molar-refractivity contribution in [2.75, 3.05) is 19.8 Å². The van der Waals surface area contributed by atoms with Gasteiger partial charge in [0.25, 0.3) is 0 Å². The number of aliphatic hydroxyl groups excluding tert-OH is 1. The molecule has 2 atom stereocenters. The van der Waals surface area contributed by atoms with Crippen LogP contribution < -0.4 is 0 Å². The Balaban J connectivity index is 1.83. The number of aliphatic carboxylic acids is 1. The van der Waals surface area contributed by atoms with Crippen LogP contribution in [-0.4, -0.2) is 68.8 Å². The molecule has 1 unspecified atom stereocenters. The lowest BCUT2D eigenvalue weighted by molar-refractivity contribution is -0.389. The number of carboxylic acids is 1. The summed E-state index contributed by atoms with van der Waals surface area (Å²) in [5, 5.41) is 29.5. The molecule has 2 rings (SSSR count). The number of piperidine rings is 1.